The number of hydrogen-bond acceptors (Lipinski definition) is 2. The number of rotatable bonds is 4. The van der Waals surface area contributed by atoms with Crippen LogP contribution in [0.1, 0.15) is 37.6 Å². The molecule has 0 aliphatic carbocycles. The van der Waals surface area contributed by atoms with Crippen molar-refractivity contribution in [3.8, 4) is 0 Å². The van der Waals surface area contributed by atoms with Gasteiger partial charge in [-0.15, -0.1) is 11.3 Å². The van der Waals surface area contributed by atoms with Gasteiger partial charge in [-0.3, -0.25) is 4.79 Å². The number of amides is 1. The van der Waals surface area contributed by atoms with E-state index >= 15 is 0 Å². The van der Waals surface area contributed by atoms with E-state index in [2.05, 4.69) is 5.32 Å². The van der Waals surface area contributed by atoms with Crippen LogP contribution in [0.2, 0.25) is 0 Å². The molecule has 0 aromatic carbocycles. The van der Waals surface area contributed by atoms with E-state index < -0.39 is 0 Å². The Balaban J connectivity index is 2.42. The summed E-state index contributed by atoms with van der Waals surface area (Å²) in [5.74, 6) is 0.142. The van der Waals surface area contributed by atoms with Crippen LogP contribution in [0.25, 0.3) is 0 Å². The lowest BCUT2D eigenvalue weighted by atomic mass is 10.2. The third-order valence-corrected chi connectivity index (χ3v) is 2.88. The maximum Gasteiger partial charge on any atom is 0.220 e. The summed E-state index contributed by atoms with van der Waals surface area (Å²) in [7, 11) is 0. The smallest absolute Gasteiger partial charge is 0.220 e. The maximum absolute atomic E-state index is 11.2. The Morgan fingerprint density at radius 3 is 3.00 bits per heavy atom. The minimum atomic E-state index is 0.142. The summed E-state index contributed by atoms with van der Waals surface area (Å²) in [5, 5.41) is 4.98. The van der Waals surface area contributed by atoms with Crippen LogP contribution in [0.15, 0.2) is 17.5 Å². The maximum atomic E-state index is 11.2. The van der Waals surface area contributed by atoms with Crippen molar-refractivity contribution < 1.29 is 4.79 Å². The van der Waals surface area contributed by atoms with Gasteiger partial charge in [0.15, 0.2) is 0 Å². The lowest BCUT2D eigenvalue weighted by Crippen LogP contribution is -2.25. The van der Waals surface area contributed by atoms with E-state index in [1.54, 1.807) is 11.3 Å². The van der Waals surface area contributed by atoms with Crippen molar-refractivity contribution in [3.63, 3.8) is 0 Å². The van der Waals surface area contributed by atoms with Crippen molar-refractivity contribution in [3.05, 3.63) is 22.4 Å². The van der Waals surface area contributed by atoms with Crippen molar-refractivity contribution in [2.75, 3.05) is 0 Å². The summed E-state index contributed by atoms with van der Waals surface area (Å²) in [4.78, 5) is 12.5. The Morgan fingerprint density at radius 1 is 1.69 bits per heavy atom. The highest BCUT2D eigenvalue weighted by atomic mass is 32.1. The van der Waals surface area contributed by atoms with Gasteiger partial charge in [0.05, 0.1) is 6.04 Å². The third-order valence-electron chi connectivity index (χ3n) is 1.82. The molecule has 0 saturated heterocycles. The second-order valence-electron chi connectivity index (χ2n) is 3.05. The molecule has 0 unspecified atom stereocenters. The Bertz CT molecular complexity index is 256. The molecule has 0 saturated carbocycles. The fraction of sp³-hybridized carbons (Fsp3) is 0.500. The van der Waals surface area contributed by atoms with E-state index in [1.807, 2.05) is 31.4 Å². The highest BCUT2D eigenvalue weighted by molar-refractivity contribution is 7.10. The molecular formula is C10H15NOS. The molecule has 2 nitrogen and oxygen atoms in total. The van der Waals surface area contributed by atoms with Crippen molar-refractivity contribution in [2.45, 2.75) is 32.7 Å². The zero-order valence-electron chi connectivity index (χ0n) is 8.04. The van der Waals surface area contributed by atoms with Crippen molar-refractivity contribution >= 4 is 17.2 Å². The van der Waals surface area contributed by atoms with Crippen LogP contribution in [0, 0.1) is 0 Å². The summed E-state index contributed by atoms with van der Waals surface area (Å²) >= 11 is 1.68. The lowest BCUT2D eigenvalue weighted by Gasteiger charge is -2.11. The third kappa shape index (κ3) is 3.19. The van der Waals surface area contributed by atoms with E-state index in [-0.39, 0.29) is 11.9 Å². The van der Waals surface area contributed by atoms with Crippen LogP contribution in [-0.4, -0.2) is 5.91 Å². The Morgan fingerprint density at radius 2 is 2.46 bits per heavy atom. The van der Waals surface area contributed by atoms with Gasteiger partial charge in [0.2, 0.25) is 5.91 Å². The standard InChI is InChI=1S/C10H15NOS/c1-3-5-10(12)11-8(2)9-6-4-7-13-9/h4,6-8H,3,5H2,1-2H3,(H,11,12)/t8-/m0/s1. The molecule has 1 heterocycles. The first kappa shape index (κ1) is 10.3. The molecule has 72 valence electrons. The van der Waals surface area contributed by atoms with Gasteiger partial charge in [-0.1, -0.05) is 13.0 Å². The SMILES string of the molecule is CCCC(=O)N[C@@H](C)c1cccs1. The van der Waals surface area contributed by atoms with E-state index in [0.717, 1.165) is 6.42 Å². The Hall–Kier alpha value is -0.830. The minimum Gasteiger partial charge on any atom is -0.349 e. The summed E-state index contributed by atoms with van der Waals surface area (Å²) in [6.45, 7) is 4.02. The summed E-state index contributed by atoms with van der Waals surface area (Å²) in [5.41, 5.74) is 0. The van der Waals surface area contributed by atoms with Crippen LogP contribution in [0.3, 0.4) is 0 Å². The molecule has 0 fully saturated rings. The van der Waals surface area contributed by atoms with Crippen molar-refractivity contribution in [1.82, 2.24) is 5.32 Å². The average molecular weight is 197 g/mol. The van der Waals surface area contributed by atoms with Crippen molar-refractivity contribution in [1.29, 1.82) is 0 Å². The van der Waals surface area contributed by atoms with Gasteiger partial charge in [0.25, 0.3) is 0 Å². The summed E-state index contributed by atoms with van der Waals surface area (Å²) < 4.78 is 0. The van der Waals surface area contributed by atoms with Crippen LogP contribution >= 0.6 is 11.3 Å². The highest BCUT2D eigenvalue weighted by Crippen LogP contribution is 2.17. The van der Waals surface area contributed by atoms with Crippen LogP contribution in [-0.2, 0) is 4.79 Å². The van der Waals surface area contributed by atoms with Crippen LogP contribution < -0.4 is 5.32 Å². The molecule has 1 atom stereocenters. The molecule has 0 aliphatic heterocycles. The van der Waals surface area contributed by atoms with Crippen LogP contribution in [0.4, 0.5) is 0 Å². The fourth-order valence-electron chi connectivity index (χ4n) is 1.15. The minimum absolute atomic E-state index is 0.142. The van der Waals surface area contributed by atoms with Crippen LogP contribution in [0.5, 0.6) is 0 Å². The summed E-state index contributed by atoms with van der Waals surface area (Å²) in [6.07, 6.45) is 1.53. The van der Waals surface area contributed by atoms with Gasteiger partial charge in [0.1, 0.15) is 0 Å². The second kappa shape index (κ2) is 5.02. The van der Waals surface area contributed by atoms with Gasteiger partial charge in [-0.25, -0.2) is 0 Å². The number of thiophene rings is 1. The molecular weight excluding hydrogens is 182 g/mol. The number of carbonyl (C=O) groups is 1. The topological polar surface area (TPSA) is 29.1 Å². The molecule has 0 spiro atoms. The molecule has 1 amide bonds. The lowest BCUT2D eigenvalue weighted by molar-refractivity contribution is -0.121. The molecule has 0 radical (unpaired) electrons. The monoisotopic (exact) mass is 197 g/mol. The quantitative estimate of drug-likeness (QED) is 0.790. The molecule has 0 aliphatic rings. The summed E-state index contributed by atoms with van der Waals surface area (Å²) in [6, 6.07) is 4.20. The highest BCUT2D eigenvalue weighted by Gasteiger charge is 2.08. The molecule has 1 rings (SSSR count). The van der Waals surface area contributed by atoms with Crippen molar-refractivity contribution in [2.24, 2.45) is 0 Å². The zero-order valence-corrected chi connectivity index (χ0v) is 8.86. The number of hydrogen-bond donors (Lipinski definition) is 1. The molecule has 0 bridgehead atoms. The fourth-order valence-corrected chi connectivity index (χ4v) is 1.88. The predicted molar refractivity (Wildman–Crippen MR) is 55.8 cm³/mol. The molecule has 1 aromatic rings. The molecule has 13 heavy (non-hydrogen) atoms. The Labute approximate surface area is 83.0 Å². The molecule has 3 heteroatoms. The van der Waals surface area contributed by atoms with Gasteiger partial charge in [-0.05, 0) is 24.8 Å². The Kier molecular flexibility index (Phi) is 3.96. The van der Waals surface area contributed by atoms with Gasteiger partial charge in [0, 0.05) is 11.3 Å². The zero-order chi connectivity index (χ0) is 9.68. The predicted octanol–water partition coefficient (Wildman–Crippen LogP) is 2.73. The normalized spacial score (nSPS) is 12.5. The van der Waals surface area contributed by atoms with Gasteiger partial charge < -0.3 is 5.32 Å². The number of nitrogens with one attached hydrogen (secondary N) is 1. The van der Waals surface area contributed by atoms with E-state index in [4.69, 9.17) is 0 Å². The van der Waals surface area contributed by atoms with Gasteiger partial charge >= 0.3 is 0 Å². The van der Waals surface area contributed by atoms with E-state index in [1.165, 1.54) is 4.88 Å². The van der Waals surface area contributed by atoms with Gasteiger partial charge in [-0.2, -0.15) is 0 Å². The van der Waals surface area contributed by atoms with E-state index in [0.29, 0.717) is 6.42 Å². The molecule has 1 aromatic heterocycles. The largest absolute Gasteiger partial charge is 0.349 e. The first-order chi connectivity index (χ1) is 6.24. The first-order valence-corrected chi connectivity index (χ1v) is 5.44. The number of carbonyl (C=O) groups excluding carboxylic acids is 1. The average Bonchev–Trinajstić information content (AvgIpc) is 2.55. The molecule has 1 N–H and O–H groups in total. The first-order valence-electron chi connectivity index (χ1n) is 4.56. The van der Waals surface area contributed by atoms with E-state index in [9.17, 15) is 4.79 Å². The second-order valence-corrected chi connectivity index (χ2v) is 4.03.